The molecule has 0 atom stereocenters. The Morgan fingerprint density at radius 2 is 1.79 bits per heavy atom. The van der Waals surface area contributed by atoms with Gasteiger partial charge < -0.3 is 0 Å². The minimum atomic E-state index is -3.21. The standard InChI is InChI=1S/C8H3Cl2F3O/c9-4-2-5(10)6(11)1-3(4)7(14)8(12)13/h1-2,8H. The molecule has 0 aliphatic rings. The van der Waals surface area contributed by atoms with Crippen LogP contribution in [0.4, 0.5) is 13.2 Å². The highest BCUT2D eigenvalue weighted by molar-refractivity contribution is 6.37. The molecule has 0 spiro atoms. The van der Waals surface area contributed by atoms with Gasteiger partial charge in [0.05, 0.1) is 10.0 Å². The van der Waals surface area contributed by atoms with Crippen LogP contribution in [0.1, 0.15) is 10.4 Å². The quantitative estimate of drug-likeness (QED) is 0.573. The second-order valence-corrected chi connectivity index (χ2v) is 3.23. The highest BCUT2D eigenvalue weighted by Crippen LogP contribution is 2.25. The van der Waals surface area contributed by atoms with Gasteiger partial charge in [0, 0.05) is 5.56 Å². The number of hydrogen-bond acceptors (Lipinski definition) is 1. The topological polar surface area (TPSA) is 17.1 Å². The third-order valence-corrected chi connectivity index (χ3v) is 2.08. The molecule has 0 unspecified atom stereocenters. The van der Waals surface area contributed by atoms with E-state index in [-0.39, 0.29) is 10.0 Å². The van der Waals surface area contributed by atoms with Crippen LogP contribution in [-0.4, -0.2) is 12.2 Å². The van der Waals surface area contributed by atoms with Gasteiger partial charge in [-0.2, -0.15) is 0 Å². The maximum atomic E-state index is 12.8. The largest absolute Gasteiger partial charge is 0.300 e. The Labute approximate surface area is 87.4 Å². The molecule has 0 aliphatic heterocycles. The van der Waals surface area contributed by atoms with Crippen LogP contribution >= 0.6 is 23.2 Å². The molecule has 1 aromatic rings. The van der Waals surface area contributed by atoms with Crippen molar-refractivity contribution in [3.05, 3.63) is 33.6 Å². The molecule has 0 aromatic heterocycles. The average Bonchev–Trinajstić information content (AvgIpc) is 2.10. The van der Waals surface area contributed by atoms with Crippen LogP contribution in [0.2, 0.25) is 10.0 Å². The highest BCUT2D eigenvalue weighted by Gasteiger charge is 2.22. The van der Waals surface area contributed by atoms with Crippen LogP contribution in [-0.2, 0) is 0 Å². The van der Waals surface area contributed by atoms with E-state index >= 15 is 0 Å². The highest BCUT2D eigenvalue weighted by atomic mass is 35.5. The van der Waals surface area contributed by atoms with E-state index in [0.29, 0.717) is 6.07 Å². The summed E-state index contributed by atoms with van der Waals surface area (Å²) in [5, 5.41) is -0.609. The van der Waals surface area contributed by atoms with Gasteiger partial charge in [-0.05, 0) is 12.1 Å². The number of alkyl halides is 2. The number of Topliss-reactive ketones (excluding diaryl/α,β-unsaturated/α-hetero) is 1. The zero-order valence-corrected chi connectivity index (χ0v) is 8.04. The molecule has 0 aliphatic carbocycles. The van der Waals surface area contributed by atoms with Gasteiger partial charge in [-0.3, -0.25) is 4.79 Å². The number of hydrogen-bond donors (Lipinski definition) is 0. The first-order valence-corrected chi connectivity index (χ1v) is 4.16. The summed E-state index contributed by atoms with van der Waals surface area (Å²) in [7, 11) is 0. The molecule has 0 saturated heterocycles. The van der Waals surface area contributed by atoms with E-state index in [0.717, 1.165) is 6.07 Å². The minimum absolute atomic E-state index is 0.290. The van der Waals surface area contributed by atoms with Crippen molar-refractivity contribution < 1.29 is 18.0 Å². The summed E-state index contributed by atoms with van der Waals surface area (Å²) < 4.78 is 36.7. The lowest BCUT2D eigenvalue weighted by atomic mass is 10.1. The number of carbonyl (C=O) groups excluding carboxylic acids is 1. The minimum Gasteiger partial charge on any atom is -0.288 e. The van der Waals surface area contributed by atoms with Gasteiger partial charge in [-0.25, -0.2) is 13.2 Å². The fourth-order valence-corrected chi connectivity index (χ4v) is 1.31. The third kappa shape index (κ3) is 2.19. The van der Waals surface area contributed by atoms with Crippen LogP contribution in [0, 0.1) is 5.82 Å². The van der Waals surface area contributed by atoms with Crippen LogP contribution in [0.25, 0.3) is 0 Å². The maximum Gasteiger partial charge on any atom is 0.300 e. The van der Waals surface area contributed by atoms with Crippen molar-refractivity contribution in [2.45, 2.75) is 6.43 Å². The molecule has 0 heterocycles. The molecular formula is C8H3Cl2F3O. The second-order valence-electron chi connectivity index (χ2n) is 2.41. The summed E-state index contributed by atoms with van der Waals surface area (Å²) in [6.07, 6.45) is -3.21. The van der Waals surface area contributed by atoms with Crippen molar-refractivity contribution in [1.29, 1.82) is 0 Å². The first kappa shape index (κ1) is 11.3. The van der Waals surface area contributed by atoms with E-state index in [4.69, 9.17) is 23.2 Å². The molecular weight excluding hydrogens is 240 g/mol. The Kier molecular flexibility index (Phi) is 3.39. The van der Waals surface area contributed by atoms with Crippen molar-refractivity contribution in [3.63, 3.8) is 0 Å². The van der Waals surface area contributed by atoms with Gasteiger partial charge in [0.15, 0.2) is 0 Å². The Morgan fingerprint density at radius 3 is 2.29 bits per heavy atom. The number of halogens is 5. The number of ketones is 1. The summed E-state index contributed by atoms with van der Waals surface area (Å²) in [6, 6.07) is 1.51. The number of rotatable bonds is 2. The van der Waals surface area contributed by atoms with Crippen LogP contribution in [0.15, 0.2) is 12.1 Å². The van der Waals surface area contributed by atoms with Crippen molar-refractivity contribution >= 4 is 29.0 Å². The summed E-state index contributed by atoms with van der Waals surface area (Å²) in [6.45, 7) is 0. The van der Waals surface area contributed by atoms with E-state index < -0.39 is 23.6 Å². The third-order valence-electron chi connectivity index (χ3n) is 1.47. The molecule has 0 saturated carbocycles. The Hall–Kier alpha value is -0.740. The van der Waals surface area contributed by atoms with Crippen LogP contribution < -0.4 is 0 Å². The number of carbonyl (C=O) groups is 1. The average molecular weight is 243 g/mol. The van der Waals surface area contributed by atoms with Crippen molar-refractivity contribution in [2.75, 3.05) is 0 Å². The lowest BCUT2D eigenvalue weighted by Crippen LogP contribution is -2.11. The summed E-state index contributed by atoms with van der Waals surface area (Å²) >= 11 is 10.7. The lowest BCUT2D eigenvalue weighted by Gasteiger charge is -2.03. The van der Waals surface area contributed by atoms with Gasteiger partial charge in [0.1, 0.15) is 5.82 Å². The molecule has 0 fully saturated rings. The van der Waals surface area contributed by atoms with Crippen LogP contribution in [0.3, 0.4) is 0 Å². The Balaban J connectivity index is 3.22. The fourth-order valence-electron chi connectivity index (χ4n) is 0.829. The van der Waals surface area contributed by atoms with E-state index in [1.165, 1.54) is 0 Å². The molecule has 0 N–H and O–H groups in total. The molecule has 0 radical (unpaired) electrons. The predicted octanol–water partition coefficient (Wildman–Crippen LogP) is 3.58. The predicted molar refractivity (Wildman–Crippen MR) is 46.8 cm³/mol. The Morgan fingerprint density at radius 1 is 1.21 bits per heavy atom. The maximum absolute atomic E-state index is 12.8. The first-order chi connectivity index (χ1) is 6.43. The van der Waals surface area contributed by atoms with E-state index in [1.54, 1.807) is 0 Å². The summed E-state index contributed by atoms with van der Waals surface area (Å²) in [4.78, 5) is 10.8. The van der Waals surface area contributed by atoms with Crippen LogP contribution in [0.5, 0.6) is 0 Å². The first-order valence-electron chi connectivity index (χ1n) is 3.40. The van der Waals surface area contributed by atoms with Gasteiger partial charge in [-0.1, -0.05) is 23.2 Å². The molecule has 14 heavy (non-hydrogen) atoms. The number of benzene rings is 1. The smallest absolute Gasteiger partial charge is 0.288 e. The van der Waals surface area contributed by atoms with Crippen molar-refractivity contribution in [2.24, 2.45) is 0 Å². The SMILES string of the molecule is O=C(c1cc(F)c(Cl)cc1Cl)C(F)F. The fraction of sp³-hybridized carbons (Fsp3) is 0.125. The molecule has 1 rings (SSSR count). The van der Waals surface area contributed by atoms with Crippen molar-refractivity contribution in [1.82, 2.24) is 0 Å². The monoisotopic (exact) mass is 242 g/mol. The molecule has 1 aromatic carbocycles. The van der Waals surface area contributed by atoms with Gasteiger partial charge in [0.2, 0.25) is 5.78 Å². The molecule has 0 bridgehead atoms. The van der Waals surface area contributed by atoms with Gasteiger partial charge in [0.25, 0.3) is 0 Å². The summed E-state index contributed by atoms with van der Waals surface area (Å²) in [5.41, 5.74) is -0.566. The zero-order chi connectivity index (χ0) is 10.9. The van der Waals surface area contributed by atoms with E-state index in [2.05, 4.69) is 0 Å². The molecule has 76 valence electrons. The van der Waals surface area contributed by atoms with E-state index in [1.807, 2.05) is 0 Å². The summed E-state index contributed by atoms with van der Waals surface area (Å²) in [5.74, 6) is -2.48. The lowest BCUT2D eigenvalue weighted by molar-refractivity contribution is 0.0678. The molecule has 1 nitrogen and oxygen atoms in total. The zero-order valence-electron chi connectivity index (χ0n) is 6.53. The second kappa shape index (κ2) is 4.19. The van der Waals surface area contributed by atoms with Crippen molar-refractivity contribution in [3.8, 4) is 0 Å². The van der Waals surface area contributed by atoms with Gasteiger partial charge >= 0.3 is 6.43 Å². The van der Waals surface area contributed by atoms with Gasteiger partial charge in [-0.15, -0.1) is 0 Å². The molecule has 0 amide bonds. The Bertz CT molecular complexity index is 379. The van der Waals surface area contributed by atoms with E-state index in [9.17, 15) is 18.0 Å². The normalized spacial score (nSPS) is 10.7. The molecule has 6 heteroatoms.